The van der Waals surface area contributed by atoms with Gasteiger partial charge in [-0.25, -0.2) is 5.01 Å². The lowest BCUT2D eigenvalue weighted by Gasteiger charge is -2.14. The molecule has 0 aliphatic carbocycles. The molecular weight excluding hydrogens is 318 g/mol. The number of anilines is 1. The van der Waals surface area contributed by atoms with Crippen LogP contribution in [0, 0.1) is 18.3 Å². The van der Waals surface area contributed by atoms with Gasteiger partial charge in [-0.3, -0.25) is 15.0 Å². The molecule has 0 radical (unpaired) electrons. The highest BCUT2D eigenvalue weighted by molar-refractivity contribution is 6.31. The lowest BCUT2D eigenvalue weighted by molar-refractivity contribution is -0.117. The Kier molecular flexibility index (Phi) is 4.48. The van der Waals surface area contributed by atoms with E-state index in [0.29, 0.717) is 17.0 Å². The second-order valence-electron chi connectivity index (χ2n) is 5.46. The Bertz CT molecular complexity index is 895. The molecule has 0 unspecified atom stereocenters. The summed E-state index contributed by atoms with van der Waals surface area (Å²) in [5, 5.41) is 9.87. The molecule has 0 aromatic heterocycles. The number of para-hydroxylation sites is 1. The Hall–Kier alpha value is -3.59. The molecule has 3 rings (SSSR count). The number of nitriles is 1. The maximum atomic E-state index is 12.6. The van der Waals surface area contributed by atoms with Crippen molar-refractivity contribution in [2.24, 2.45) is 0 Å². The second-order valence-corrected chi connectivity index (χ2v) is 5.46. The maximum Gasteiger partial charge on any atom is 0.282 e. The van der Waals surface area contributed by atoms with Gasteiger partial charge in [0.1, 0.15) is 17.4 Å². The van der Waals surface area contributed by atoms with Crippen molar-refractivity contribution in [3.8, 4) is 11.8 Å². The van der Waals surface area contributed by atoms with Gasteiger partial charge in [0.05, 0.1) is 5.69 Å². The highest BCUT2D eigenvalue weighted by atomic mass is 16.5. The first kappa shape index (κ1) is 16.3. The smallest absolute Gasteiger partial charge is 0.282 e. The van der Waals surface area contributed by atoms with E-state index in [2.05, 4.69) is 5.43 Å². The standard InChI is InChI=1S/C19H15N3O3/c1-13-6-8-15(9-7-13)22-19(24)16(18(23)21-22)12-14-4-2-3-5-17(14)25-11-10-20/h2-9,12H,11H2,1H3,(H,21,23). The lowest BCUT2D eigenvalue weighted by Crippen LogP contribution is -2.35. The summed E-state index contributed by atoms with van der Waals surface area (Å²) in [7, 11) is 0. The van der Waals surface area contributed by atoms with Crippen molar-refractivity contribution in [1.82, 2.24) is 5.43 Å². The minimum absolute atomic E-state index is 0.00795. The van der Waals surface area contributed by atoms with Crippen LogP contribution in [0.1, 0.15) is 11.1 Å². The minimum atomic E-state index is -0.485. The number of nitrogens with zero attached hydrogens (tertiary/aromatic N) is 2. The first-order valence-corrected chi connectivity index (χ1v) is 7.63. The van der Waals surface area contributed by atoms with Crippen LogP contribution in [-0.4, -0.2) is 18.4 Å². The van der Waals surface area contributed by atoms with E-state index in [1.807, 2.05) is 25.1 Å². The minimum Gasteiger partial charge on any atom is -0.478 e. The van der Waals surface area contributed by atoms with E-state index in [1.165, 1.54) is 11.1 Å². The summed E-state index contributed by atoms with van der Waals surface area (Å²) in [6, 6.07) is 16.1. The van der Waals surface area contributed by atoms with Crippen molar-refractivity contribution in [3.63, 3.8) is 0 Å². The van der Waals surface area contributed by atoms with E-state index in [0.717, 1.165) is 5.56 Å². The van der Waals surface area contributed by atoms with E-state index < -0.39 is 11.8 Å². The third-order valence-corrected chi connectivity index (χ3v) is 3.69. The molecule has 1 saturated heterocycles. The molecule has 1 aliphatic heterocycles. The largest absolute Gasteiger partial charge is 0.478 e. The molecule has 25 heavy (non-hydrogen) atoms. The third-order valence-electron chi connectivity index (χ3n) is 3.69. The van der Waals surface area contributed by atoms with E-state index in [4.69, 9.17) is 10.00 Å². The zero-order valence-corrected chi connectivity index (χ0v) is 13.5. The van der Waals surface area contributed by atoms with Crippen LogP contribution in [0.3, 0.4) is 0 Å². The van der Waals surface area contributed by atoms with Crippen LogP contribution in [0.15, 0.2) is 54.1 Å². The Morgan fingerprint density at radius 2 is 1.88 bits per heavy atom. The normalized spacial score (nSPS) is 15.2. The molecule has 124 valence electrons. The van der Waals surface area contributed by atoms with Crippen LogP contribution in [0.4, 0.5) is 5.69 Å². The van der Waals surface area contributed by atoms with Gasteiger partial charge >= 0.3 is 0 Å². The molecule has 2 aromatic carbocycles. The number of amides is 2. The molecule has 1 aliphatic rings. The average molecular weight is 333 g/mol. The number of hydrazine groups is 1. The fourth-order valence-corrected chi connectivity index (χ4v) is 2.43. The first-order chi connectivity index (χ1) is 12.1. The van der Waals surface area contributed by atoms with E-state index in [-0.39, 0.29) is 12.2 Å². The Balaban J connectivity index is 1.92. The van der Waals surface area contributed by atoms with Crippen molar-refractivity contribution in [2.75, 3.05) is 11.6 Å². The Morgan fingerprint density at radius 1 is 1.16 bits per heavy atom. The van der Waals surface area contributed by atoms with Gasteiger partial charge in [-0.15, -0.1) is 0 Å². The summed E-state index contributed by atoms with van der Waals surface area (Å²) in [6.45, 7) is 1.83. The summed E-state index contributed by atoms with van der Waals surface area (Å²) in [5.41, 5.74) is 4.76. The topological polar surface area (TPSA) is 82.4 Å². The van der Waals surface area contributed by atoms with Crippen LogP contribution in [0.2, 0.25) is 0 Å². The maximum absolute atomic E-state index is 12.6. The van der Waals surface area contributed by atoms with Crippen molar-refractivity contribution in [3.05, 3.63) is 65.2 Å². The van der Waals surface area contributed by atoms with Crippen molar-refractivity contribution < 1.29 is 14.3 Å². The number of hydrogen-bond acceptors (Lipinski definition) is 4. The molecule has 1 fully saturated rings. The van der Waals surface area contributed by atoms with Crippen molar-refractivity contribution in [1.29, 1.82) is 5.26 Å². The average Bonchev–Trinajstić information content (AvgIpc) is 2.90. The number of rotatable bonds is 4. The number of ether oxygens (including phenoxy) is 1. The van der Waals surface area contributed by atoms with Crippen LogP contribution in [0.5, 0.6) is 5.75 Å². The van der Waals surface area contributed by atoms with Crippen molar-refractivity contribution in [2.45, 2.75) is 6.92 Å². The number of carbonyl (C=O) groups is 2. The van der Waals surface area contributed by atoms with Gasteiger partial charge < -0.3 is 4.74 Å². The fraction of sp³-hybridized carbons (Fsp3) is 0.105. The molecule has 1 N–H and O–H groups in total. The molecule has 2 aromatic rings. The molecule has 0 spiro atoms. The molecule has 0 saturated carbocycles. The number of nitrogens with one attached hydrogen (secondary N) is 1. The predicted molar refractivity (Wildman–Crippen MR) is 92.3 cm³/mol. The molecule has 6 heteroatoms. The summed E-state index contributed by atoms with van der Waals surface area (Å²) >= 11 is 0. The highest BCUT2D eigenvalue weighted by Gasteiger charge is 2.34. The van der Waals surface area contributed by atoms with Gasteiger partial charge in [0.25, 0.3) is 11.8 Å². The highest BCUT2D eigenvalue weighted by Crippen LogP contribution is 2.25. The van der Waals surface area contributed by atoms with Gasteiger partial charge in [0.15, 0.2) is 6.61 Å². The van der Waals surface area contributed by atoms with Crippen LogP contribution in [0.25, 0.3) is 6.08 Å². The number of hydrogen-bond donors (Lipinski definition) is 1. The Labute approximate surface area is 144 Å². The quantitative estimate of drug-likeness (QED) is 0.688. The lowest BCUT2D eigenvalue weighted by atomic mass is 10.1. The van der Waals surface area contributed by atoms with E-state index >= 15 is 0 Å². The monoisotopic (exact) mass is 333 g/mol. The van der Waals surface area contributed by atoms with Gasteiger partial charge in [0, 0.05) is 5.56 Å². The predicted octanol–water partition coefficient (Wildman–Crippen LogP) is 2.36. The van der Waals surface area contributed by atoms with E-state index in [1.54, 1.807) is 36.4 Å². The second kappa shape index (κ2) is 6.89. The third kappa shape index (κ3) is 3.35. The first-order valence-electron chi connectivity index (χ1n) is 7.63. The van der Waals surface area contributed by atoms with Gasteiger partial charge in [-0.2, -0.15) is 5.26 Å². The number of carbonyl (C=O) groups excluding carboxylic acids is 2. The van der Waals surface area contributed by atoms with Gasteiger partial charge in [0.2, 0.25) is 0 Å². The van der Waals surface area contributed by atoms with Crippen LogP contribution in [-0.2, 0) is 9.59 Å². The van der Waals surface area contributed by atoms with E-state index in [9.17, 15) is 9.59 Å². The molecular formula is C19H15N3O3. The summed E-state index contributed by atoms with van der Waals surface area (Å²) < 4.78 is 5.33. The molecule has 6 nitrogen and oxygen atoms in total. The van der Waals surface area contributed by atoms with Gasteiger partial charge in [-0.05, 0) is 31.2 Å². The molecule has 0 atom stereocenters. The summed E-state index contributed by atoms with van der Waals surface area (Å²) in [6.07, 6.45) is 1.47. The van der Waals surface area contributed by atoms with Gasteiger partial charge in [-0.1, -0.05) is 35.9 Å². The molecule has 1 heterocycles. The summed E-state index contributed by atoms with van der Waals surface area (Å²) in [5.74, 6) is -0.490. The SMILES string of the molecule is Cc1ccc(N2NC(=O)C(=Cc3ccccc3OCC#N)C2=O)cc1. The number of benzene rings is 2. The zero-order chi connectivity index (χ0) is 17.8. The molecule has 0 bridgehead atoms. The Morgan fingerprint density at radius 3 is 2.60 bits per heavy atom. The van der Waals surface area contributed by atoms with Crippen LogP contribution >= 0.6 is 0 Å². The van der Waals surface area contributed by atoms with Crippen LogP contribution < -0.4 is 15.2 Å². The molecule has 2 amide bonds. The van der Waals surface area contributed by atoms with Crippen molar-refractivity contribution >= 4 is 23.6 Å². The fourth-order valence-electron chi connectivity index (χ4n) is 2.43. The summed E-state index contributed by atoms with van der Waals surface area (Å²) in [4.78, 5) is 24.8. The number of aryl methyl sites for hydroxylation is 1. The zero-order valence-electron chi connectivity index (χ0n) is 13.5.